The van der Waals surface area contributed by atoms with Crippen molar-refractivity contribution in [1.29, 1.82) is 0 Å². The second-order valence-electron chi connectivity index (χ2n) is 7.18. The Morgan fingerprint density at radius 3 is 1.46 bits per heavy atom. The quantitative estimate of drug-likeness (QED) is 0.320. The largest absolute Gasteiger partial charge is 0.395 e. The first-order chi connectivity index (χ1) is 11.6. The van der Waals surface area contributed by atoms with Gasteiger partial charge in [-0.3, -0.25) is 0 Å². The van der Waals surface area contributed by atoms with E-state index in [4.69, 9.17) is 5.11 Å². The summed E-state index contributed by atoms with van der Waals surface area (Å²) in [5.74, 6) is -0.0666. The molecule has 0 radical (unpaired) electrons. The van der Waals surface area contributed by atoms with Crippen molar-refractivity contribution < 1.29 is 13.5 Å². The summed E-state index contributed by atoms with van der Waals surface area (Å²) in [6.45, 7) is 4.16. The van der Waals surface area contributed by atoms with E-state index in [1.54, 1.807) is 0 Å². The lowest BCUT2D eigenvalue weighted by molar-refractivity contribution is 0.319. The molecule has 0 fully saturated rings. The van der Waals surface area contributed by atoms with Gasteiger partial charge >= 0.3 is 0 Å². The van der Waals surface area contributed by atoms with Crippen LogP contribution in [0.5, 0.6) is 0 Å². The highest BCUT2D eigenvalue weighted by atomic mass is 32.2. The van der Waals surface area contributed by atoms with Gasteiger partial charge in [-0.2, -0.15) is 0 Å². The van der Waals surface area contributed by atoms with Gasteiger partial charge in [-0.25, -0.2) is 8.42 Å². The zero-order valence-corrected chi connectivity index (χ0v) is 17.1. The summed E-state index contributed by atoms with van der Waals surface area (Å²) in [5.41, 5.74) is 0. The fraction of sp³-hybridized carbons (Fsp3) is 1.00. The summed E-state index contributed by atoms with van der Waals surface area (Å²) < 4.78 is 24.6. The standard InChI is InChI=1S/C20H42O3S/c1-3-5-7-9-10-11-12-13-15-17-20(16-14-8-6-4-2)24(22,23)19-18-21/h20-21H,3-19H2,1-2H3. The maximum atomic E-state index is 12.3. The maximum Gasteiger partial charge on any atom is 0.155 e. The van der Waals surface area contributed by atoms with E-state index in [2.05, 4.69) is 13.8 Å². The summed E-state index contributed by atoms with van der Waals surface area (Å²) in [5, 5.41) is 8.78. The monoisotopic (exact) mass is 362 g/mol. The minimum Gasteiger partial charge on any atom is -0.395 e. The molecule has 0 saturated heterocycles. The van der Waals surface area contributed by atoms with Crippen molar-refractivity contribution >= 4 is 9.84 Å². The van der Waals surface area contributed by atoms with Crippen molar-refractivity contribution in [3.05, 3.63) is 0 Å². The molecule has 1 unspecified atom stereocenters. The van der Waals surface area contributed by atoms with Crippen LogP contribution in [-0.2, 0) is 9.84 Å². The molecule has 0 aromatic heterocycles. The summed E-state index contributed by atoms with van der Waals surface area (Å²) in [6, 6.07) is 0. The molecule has 0 spiro atoms. The van der Waals surface area contributed by atoms with E-state index >= 15 is 0 Å². The third kappa shape index (κ3) is 13.2. The van der Waals surface area contributed by atoms with Gasteiger partial charge in [-0.15, -0.1) is 0 Å². The number of sulfone groups is 1. The van der Waals surface area contributed by atoms with Crippen LogP contribution in [0.2, 0.25) is 0 Å². The Balaban J connectivity index is 3.95. The van der Waals surface area contributed by atoms with Crippen LogP contribution in [0.15, 0.2) is 0 Å². The van der Waals surface area contributed by atoms with E-state index in [1.807, 2.05) is 0 Å². The summed E-state index contributed by atoms with van der Waals surface area (Å²) in [6.07, 6.45) is 17.4. The molecule has 0 aliphatic heterocycles. The molecule has 1 atom stereocenters. The van der Waals surface area contributed by atoms with Gasteiger partial charge in [0.25, 0.3) is 0 Å². The summed E-state index contributed by atoms with van der Waals surface area (Å²) in [4.78, 5) is 0. The Bertz CT molecular complexity index is 352. The van der Waals surface area contributed by atoms with Crippen molar-refractivity contribution in [3.63, 3.8) is 0 Å². The van der Waals surface area contributed by atoms with E-state index in [0.29, 0.717) is 0 Å². The number of rotatable bonds is 18. The van der Waals surface area contributed by atoms with Crippen LogP contribution in [-0.4, -0.2) is 31.1 Å². The topological polar surface area (TPSA) is 54.4 Å². The second-order valence-corrected chi connectivity index (χ2v) is 9.58. The molecule has 1 N–H and O–H groups in total. The Hall–Kier alpha value is -0.0900. The van der Waals surface area contributed by atoms with E-state index < -0.39 is 9.84 Å². The van der Waals surface area contributed by atoms with Crippen molar-refractivity contribution in [2.24, 2.45) is 0 Å². The zero-order valence-electron chi connectivity index (χ0n) is 16.3. The molecule has 0 aliphatic carbocycles. The molecule has 0 aromatic rings. The Labute approximate surface area is 151 Å². The van der Waals surface area contributed by atoms with Crippen LogP contribution in [0.1, 0.15) is 110 Å². The van der Waals surface area contributed by atoms with E-state index in [0.717, 1.165) is 38.5 Å². The molecule has 3 nitrogen and oxygen atoms in total. The van der Waals surface area contributed by atoms with Gasteiger partial charge < -0.3 is 5.11 Å². The Morgan fingerprint density at radius 2 is 1.04 bits per heavy atom. The number of hydrogen-bond donors (Lipinski definition) is 1. The Kier molecular flexibility index (Phi) is 16.3. The van der Waals surface area contributed by atoms with Crippen LogP contribution in [0.3, 0.4) is 0 Å². The first kappa shape index (κ1) is 23.9. The molecule has 0 aromatic carbocycles. The zero-order chi connectivity index (χ0) is 18.1. The Morgan fingerprint density at radius 1 is 0.667 bits per heavy atom. The van der Waals surface area contributed by atoms with Gasteiger partial charge in [-0.1, -0.05) is 97.3 Å². The van der Waals surface area contributed by atoms with Gasteiger partial charge in [0.2, 0.25) is 0 Å². The average Bonchev–Trinajstić information content (AvgIpc) is 2.55. The fourth-order valence-electron chi connectivity index (χ4n) is 3.28. The van der Waals surface area contributed by atoms with Crippen molar-refractivity contribution in [3.8, 4) is 0 Å². The van der Waals surface area contributed by atoms with Gasteiger partial charge in [-0.05, 0) is 12.8 Å². The lowest BCUT2D eigenvalue weighted by atomic mass is 10.0. The number of hydrogen-bond acceptors (Lipinski definition) is 3. The first-order valence-corrected chi connectivity index (χ1v) is 12.1. The van der Waals surface area contributed by atoms with E-state index in [1.165, 1.54) is 57.8 Å². The molecule has 0 aliphatic rings. The number of unbranched alkanes of at least 4 members (excludes halogenated alkanes) is 11. The number of aliphatic hydroxyl groups excluding tert-OH is 1. The molecule has 0 bridgehead atoms. The second kappa shape index (κ2) is 16.4. The van der Waals surface area contributed by atoms with Crippen molar-refractivity contribution in [1.82, 2.24) is 0 Å². The van der Waals surface area contributed by atoms with Crippen molar-refractivity contribution in [2.45, 2.75) is 115 Å². The van der Waals surface area contributed by atoms with Crippen LogP contribution >= 0.6 is 0 Å². The van der Waals surface area contributed by atoms with Gasteiger partial charge in [0.15, 0.2) is 9.84 Å². The molecule has 0 rings (SSSR count). The third-order valence-corrected chi connectivity index (χ3v) is 7.13. The number of aliphatic hydroxyl groups is 1. The minimum atomic E-state index is -3.12. The third-order valence-electron chi connectivity index (χ3n) is 4.89. The molecule has 4 heteroatoms. The van der Waals surface area contributed by atoms with Crippen LogP contribution in [0, 0.1) is 0 Å². The predicted octanol–water partition coefficient (Wildman–Crippen LogP) is 5.65. The summed E-state index contributed by atoms with van der Waals surface area (Å²) in [7, 11) is -3.12. The van der Waals surface area contributed by atoms with Crippen molar-refractivity contribution in [2.75, 3.05) is 12.4 Å². The first-order valence-electron chi connectivity index (χ1n) is 10.4. The van der Waals surface area contributed by atoms with Crippen LogP contribution in [0.4, 0.5) is 0 Å². The lowest BCUT2D eigenvalue weighted by Crippen LogP contribution is -2.25. The highest BCUT2D eigenvalue weighted by Crippen LogP contribution is 2.20. The molecule has 146 valence electrons. The molecule has 0 saturated carbocycles. The SMILES string of the molecule is CCCCCCCCCCCC(CCCCCC)S(=O)(=O)CCO. The van der Waals surface area contributed by atoms with Gasteiger partial charge in [0, 0.05) is 0 Å². The summed E-state index contributed by atoms with van der Waals surface area (Å²) >= 11 is 0. The normalized spacial score (nSPS) is 13.3. The molecule has 24 heavy (non-hydrogen) atoms. The van der Waals surface area contributed by atoms with E-state index in [9.17, 15) is 8.42 Å². The minimum absolute atomic E-state index is 0.0666. The molecular weight excluding hydrogens is 320 g/mol. The fourth-order valence-corrected chi connectivity index (χ4v) is 4.92. The molecule has 0 amide bonds. The highest BCUT2D eigenvalue weighted by Gasteiger charge is 2.23. The maximum absolute atomic E-state index is 12.3. The highest BCUT2D eigenvalue weighted by molar-refractivity contribution is 7.92. The van der Waals surface area contributed by atoms with Crippen LogP contribution in [0.25, 0.3) is 0 Å². The lowest BCUT2D eigenvalue weighted by Gasteiger charge is -2.17. The molecular formula is C20H42O3S. The average molecular weight is 363 g/mol. The molecule has 0 heterocycles. The van der Waals surface area contributed by atoms with Crippen LogP contribution < -0.4 is 0 Å². The van der Waals surface area contributed by atoms with E-state index in [-0.39, 0.29) is 17.6 Å². The van der Waals surface area contributed by atoms with Gasteiger partial charge in [0.1, 0.15) is 0 Å². The van der Waals surface area contributed by atoms with Gasteiger partial charge in [0.05, 0.1) is 17.6 Å². The smallest absolute Gasteiger partial charge is 0.155 e. The predicted molar refractivity (Wildman–Crippen MR) is 105 cm³/mol.